The van der Waals surface area contributed by atoms with Gasteiger partial charge in [0.25, 0.3) is 0 Å². The summed E-state index contributed by atoms with van der Waals surface area (Å²) in [4.78, 5) is 8.56. The predicted molar refractivity (Wildman–Crippen MR) is 84.1 cm³/mol. The van der Waals surface area contributed by atoms with Gasteiger partial charge in [0.2, 0.25) is 0 Å². The van der Waals surface area contributed by atoms with Crippen LogP contribution >= 0.6 is 0 Å². The molecular formula is C14H22N4O2S. The molecule has 1 aromatic rings. The minimum Gasteiger partial charge on any atom is -0.357 e. The summed E-state index contributed by atoms with van der Waals surface area (Å²) in [6.45, 7) is 3.38. The zero-order chi connectivity index (χ0) is 15.1. The molecule has 2 heterocycles. The molecule has 1 saturated heterocycles. The summed E-state index contributed by atoms with van der Waals surface area (Å²) in [5, 5.41) is 6.35. The van der Waals surface area contributed by atoms with E-state index in [2.05, 4.69) is 20.6 Å². The minimum atomic E-state index is -2.87. The molecule has 2 rings (SSSR count). The first-order valence-corrected chi connectivity index (χ1v) is 9.05. The van der Waals surface area contributed by atoms with Crippen LogP contribution in [0.15, 0.2) is 29.5 Å². The quantitative estimate of drug-likeness (QED) is 0.606. The van der Waals surface area contributed by atoms with E-state index < -0.39 is 9.84 Å². The monoisotopic (exact) mass is 310 g/mol. The van der Waals surface area contributed by atoms with Crippen molar-refractivity contribution in [2.24, 2.45) is 4.99 Å². The average Bonchev–Trinajstić information content (AvgIpc) is 2.79. The van der Waals surface area contributed by atoms with Gasteiger partial charge in [-0.1, -0.05) is 6.07 Å². The minimum absolute atomic E-state index is 0.0359. The highest BCUT2D eigenvalue weighted by Gasteiger charge is 2.28. The Labute approximate surface area is 126 Å². The molecule has 1 atom stereocenters. The molecule has 1 unspecified atom stereocenters. The van der Waals surface area contributed by atoms with E-state index in [-0.39, 0.29) is 17.5 Å². The normalized spacial score (nSPS) is 21.2. The van der Waals surface area contributed by atoms with Gasteiger partial charge in [0.15, 0.2) is 15.8 Å². The first-order valence-electron chi connectivity index (χ1n) is 7.23. The maximum absolute atomic E-state index is 11.5. The van der Waals surface area contributed by atoms with Crippen LogP contribution in [0.2, 0.25) is 0 Å². The number of sulfone groups is 1. The number of rotatable bonds is 5. The van der Waals surface area contributed by atoms with Crippen LogP contribution in [0.4, 0.5) is 0 Å². The zero-order valence-electron chi connectivity index (χ0n) is 12.2. The Bertz CT molecular complexity index is 572. The van der Waals surface area contributed by atoms with Crippen molar-refractivity contribution >= 4 is 15.8 Å². The van der Waals surface area contributed by atoms with E-state index in [9.17, 15) is 8.42 Å². The molecular weight excluding hydrogens is 288 g/mol. The van der Waals surface area contributed by atoms with Gasteiger partial charge in [-0.25, -0.2) is 8.42 Å². The molecule has 0 aliphatic carbocycles. The second-order valence-corrected chi connectivity index (χ2v) is 7.34. The summed E-state index contributed by atoms with van der Waals surface area (Å²) in [5.74, 6) is 1.14. The van der Waals surface area contributed by atoms with Gasteiger partial charge in [0.1, 0.15) is 0 Å². The summed E-state index contributed by atoms with van der Waals surface area (Å²) in [7, 11) is -2.87. The number of hydrogen-bond acceptors (Lipinski definition) is 4. The average molecular weight is 310 g/mol. The van der Waals surface area contributed by atoms with E-state index in [4.69, 9.17) is 0 Å². The lowest BCUT2D eigenvalue weighted by molar-refractivity contribution is 0.599. The number of nitrogens with one attached hydrogen (secondary N) is 2. The highest BCUT2D eigenvalue weighted by Crippen LogP contribution is 2.10. The summed E-state index contributed by atoms with van der Waals surface area (Å²) in [5.41, 5.74) is 1.14. The van der Waals surface area contributed by atoms with Gasteiger partial charge in [0.05, 0.1) is 11.5 Å². The molecule has 0 radical (unpaired) electrons. The Kier molecular flexibility index (Phi) is 5.55. The number of pyridine rings is 1. The van der Waals surface area contributed by atoms with E-state index in [1.165, 1.54) is 0 Å². The maximum Gasteiger partial charge on any atom is 0.191 e. The van der Waals surface area contributed by atoms with Gasteiger partial charge in [-0.05, 0) is 31.4 Å². The lowest BCUT2D eigenvalue weighted by Crippen LogP contribution is -2.44. The zero-order valence-corrected chi connectivity index (χ0v) is 13.1. The fourth-order valence-electron chi connectivity index (χ4n) is 2.27. The van der Waals surface area contributed by atoms with Gasteiger partial charge < -0.3 is 10.6 Å². The second-order valence-electron chi connectivity index (χ2n) is 5.12. The van der Waals surface area contributed by atoms with Crippen molar-refractivity contribution in [3.05, 3.63) is 30.1 Å². The smallest absolute Gasteiger partial charge is 0.191 e. The van der Waals surface area contributed by atoms with Crippen molar-refractivity contribution in [1.29, 1.82) is 0 Å². The maximum atomic E-state index is 11.5. The van der Waals surface area contributed by atoms with Crippen LogP contribution in [-0.4, -0.2) is 50.0 Å². The molecule has 1 fully saturated rings. The van der Waals surface area contributed by atoms with Crippen LogP contribution in [0.3, 0.4) is 0 Å². The van der Waals surface area contributed by atoms with Crippen molar-refractivity contribution in [2.75, 3.05) is 24.6 Å². The number of aromatic nitrogens is 1. The van der Waals surface area contributed by atoms with E-state index >= 15 is 0 Å². The summed E-state index contributed by atoms with van der Waals surface area (Å²) in [6.07, 6.45) is 5.04. The van der Waals surface area contributed by atoms with Crippen molar-refractivity contribution < 1.29 is 8.42 Å². The molecule has 116 valence electrons. The molecule has 0 spiro atoms. The number of aliphatic imine (C=N–C) groups is 1. The van der Waals surface area contributed by atoms with Crippen LogP contribution < -0.4 is 10.6 Å². The topological polar surface area (TPSA) is 83.4 Å². The molecule has 0 saturated carbocycles. The Balaban J connectivity index is 1.87. The first-order chi connectivity index (χ1) is 10.1. The molecule has 0 aromatic carbocycles. The fraction of sp³-hybridized carbons (Fsp3) is 0.571. The number of nitrogens with zero attached hydrogens (tertiary/aromatic N) is 2. The molecule has 7 heteroatoms. The SMILES string of the molecule is CCNC(=NCCc1cccnc1)NC1CCS(=O)(=O)C1. The molecule has 1 aliphatic heterocycles. The van der Waals surface area contributed by atoms with E-state index in [1.54, 1.807) is 6.20 Å². The molecule has 0 bridgehead atoms. The molecule has 0 amide bonds. The second kappa shape index (κ2) is 7.40. The first kappa shape index (κ1) is 15.8. The predicted octanol–water partition coefficient (Wildman–Crippen LogP) is 0.366. The lowest BCUT2D eigenvalue weighted by atomic mass is 10.2. The van der Waals surface area contributed by atoms with Crippen LogP contribution in [0.5, 0.6) is 0 Å². The molecule has 21 heavy (non-hydrogen) atoms. The van der Waals surface area contributed by atoms with Gasteiger partial charge in [-0.15, -0.1) is 0 Å². The van der Waals surface area contributed by atoms with Crippen LogP contribution in [-0.2, 0) is 16.3 Å². The van der Waals surface area contributed by atoms with E-state index in [0.717, 1.165) is 18.5 Å². The third-order valence-corrected chi connectivity index (χ3v) is 5.08. The van der Waals surface area contributed by atoms with Crippen LogP contribution in [0.1, 0.15) is 18.9 Å². The highest BCUT2D eigenvalue weighted by atomic mass is 32.2. The van der Waals surface area contributed by atoms with Crippen molar-refractivity contribution in [3.8, 4) is 0 Å². The standard InChI is InChI=1S/C14H22N4O2S/c1-2-16-14(18-13-6-9-21(19,20)11-13)17-8-5-12-4-3-7-15-10-12/h3-4,7,10,13H,2,5-6,8-9,11H2,1H3,(H2,16,17,18). The molecule has 6 nitrogen and oxygen atoms in total. The van der Waals surface area contributed by atoms with Gasteiger partial charge >= 0.3 is 0 Å². The van der Waals surface area contributed by atoms with Crippen LogP contribution in [0, 0.1) is 0 Å². The molecule has 1 aliphatic rings. The van der Waals surface area contributed by atoms with E-state index in [0.29, 0.717) is 18.9 Å². The van der Waals surface area contributed by atoms with Gasteiger partial charge in [-0.3, -0.25) is 9.98 Å². The molecule has 2 N–H and O–H groups in total. The summed E-state index contributed by atoms with van der Waals surface area (Å²) < 4.78 is 22.9. The fourth-order valence-corrected chi connectivity index (χ4v) is 3.94. The Hall–Kier alpha value is -1.63. The van der Waals surface area contributed by atoms with Crippen LogP contribution in [0.25, 0.3) is 0 Å². The number of guanidine groups is 1. The Morgan fingerprint density at radius 3 is 3.00 bits per heavy atom. The van der Waals surface area contributed by atoms with Crippen molar-refractivity contribution in [3.63, 3.8) is 0 Å². The summed E-state index contributed by atoms with van der Waals surface area (Å²) >= 11 is 0. The largest absolute Gasteiger partial charge is 0.357 e. The molecule has 1 aromatic heterocycles. The Morgan fingerprint density at radius 1 is 1.52 bits per heavy atom. The highest BCUT2D eigenvalue weighted by molar-refractivity contribution is 7.91. The van der Waals surface area contributed by atoms with Gasteiger partial charge in [0, 0.05) is 31.5 Å². The Morgan fingerprint density at radius 2 is 2.38 bits per heavy atom. The van der Waals surface area contributed by atoms with Crippen molar-refractivity contribution in [1.82, 2.24) is 15.6 Å². The summed E-state index contributed by atoms with van der Waals surface area (Å²) in [6, 6.07) is 3.89. The van der Waals surface area contributed by atoms with Crippen molar-refractivity contribution in [2.45, 2.75) is 25.8 Å². The lowest BCUT2D eigenvalue weighted by Gasteiger charge is -2.15. The van der Waals surface area contributed by atoms with E-state index in [1.807, 2.05) is 25.3 Å². The third kappa shape index (κ3) is 5.34. The number of hydrogen-bond donors (Lipinski definition) is 2. The third-order valence-electron chi connectivity index (χ3n) is 3.31. The van der Waals surface area contributed by atoms with Gasteiger partial charge in [-0.2, -0.15) is 0 Å².